The van der Waals surface area contributed by atoms with Crippen molar-refractivity contribution in [2.24, 2.45) is 5.41 Å². The molecule has 1 heteroatoms. The second-order valence-corrected chi connectivity index (χ2v) is 5.69. The van der Waals surface area contributed by atoms with Crippen LogP contribution in [-0.4, -0.2) is 0 Å². The summed E-state index contributed by atoms with van der Waals surface area (Å²) in [5.74, 6) is 0. The Balaban J connectivity index is 2.04. The summed E-state index contributed by atoms with van der Waals surface area (Å²) in [6.07, 6.45) is 8.01. The fourth-order valence-corrected chi connectivity index (χ4v) is 2.38. The van der Waals surface area contributed by atoms with Crippen LogP contribution in [0, 0.1) is 5.41 Å². The van der Waals surface area contributed by atoms with E-state index < -0.39 is 0 Å². The number of rotatable bonds is 2. The molecule has 1 aromatic carbocycles. The predicted molar refractivity (Wildman–Crippen MR) is 67.9 cm³/mol. The zero-order valence-corrected chi connectivity index (χ0v) is 10.1. The summed E-state index contributed by atoms with van der Waals surface area (Å²) in [4.78, 5) is 2.67. The number of allylic oxidation sites excluding steroid dienone is 3. The normalized spacial score (nSPS) is 18.7. The first kappa shape index (κ1) is 10.6. The first-order chi connectivity index (χ1) is 7.16. The summed E-state index contributed by atoms with van der Waals surface area (Å²) in [6, 6.07) is 10.5. The van der Waals surface area contributed by atoms with E-state index in [9.17, 15) is 0 Å². The maximum atomic E-state index is 2.33. The molecular weight excluding hydrogens is 200 g/mol. The van der Waals surface area contributed by atoms with Crippen LogP contribution in [0.5, 0.6) is 0 Å². The monoisotopic (exact) mass is 216 g/mol. The third-order valence-electron chi connectivity index (χ3n) is 2.51. The highest BCUT2D eigenvalue weighted by Crippen LogP contribution is 2.35. The Hall–Kier alpha value is -0.950. The Morgan fingerprint density at radius 3 is 2.47 bits per heavy atom. The summed E-state index contributed by atoms with van der Waals surface area (Å²) in [5, 5.41) is 0. The lowest BCUT2D eigenvalue weighted by Crippen LogP contribution is -2.08. The van der Waals surface area contributed by atoms with Crippen LogP contribution >= 0.6 is 11.8 Å². The van der Waals surface area contributed by atoms with Crippen molar-refractivity contribution >= 4 is 11.8 Å². The van der Waals surface area contributed by atoms with Crippen molar-refractivity contribution in [1.82, 2.24) is 0 Å². The van der Waals surface area contributed by atoms with Crippen molar-refractivity contribution in [2.75, 3.05) is 0 Å². The smallest absolute Gasteiger partial charge is 0.0122 e. The van der Waals surface area contributed by atoms with Gasteiger partial charge in [0.25, 0.3) is 0 Å². The van der Waals surface area contributed by atoms with Crippen LogP contribution in [0.4, 0.5) is 0 Å². The molecule has 1 aromatic rings. The zero-order chi connectivity index (χ0) is 10.7. The SMILES string of the molecule is CC1(C)C=CC(Sc2ccccc2)=CC1. The molecule has 1 aliphatic carbocycles. The second kappa shape index (κ2) is 4.28. The first-order valence-electron chi connectivity index (χ1n) is 5.28. The lowest BCUT2D eigenvalue weighted by molar-refractivity contribution is 0.484. The zero-order valence-electron chi connectivity index (χ0n) is 9.23. The molecule has 0 saturated carbocycles. The lowest BCUT2D eigenvalue weighted by atomic mass is 9.86. The maximum absolute atomic E-state index is 2.33. The van der Waals surface area contributed by atoms with Gasteiger partial charge in [-0.15, -0.1) is 0 Å². The fourth-order valence-electron chi connectivity index (χ4n) is 1.51. The second-order valence-electron chi connectivity index (χ2n) is 4.55. The van der Waals surface area contributed by atoms with E-state index in [4.69, 9.17) is 0 Å². The van der Waals surface area contributed by atoms with Crippen molar-refractivity contribution in [3.8, 4) is 0 Å². The Morgan fingerprint density at radius 1 is 1.13 bits per heavy atom. The fraction of sp³-hybridized carbons (Fsp3) is 0.286. The Bertz CT molecular complexity index is 385. The highest BCUT2D eigenvalue weighted by Gasteiger charge is 2.15. The van der Waals surface area contributed by atoms with Crippen LogP contribution in [0.25, 0.3) is 0 Å². The number of hydrogen-bond donors (Lipinski definition) is 0. The van der Waals surface area contributed by atoms with Gasteiger partial charge in [0.2, 0.25) is 0 Å². The highest BCUT2D eigenvalue weighted by atomic mass is 32.2. The van der Waals surface area contributed by atoms with E-state index in [2.05, 4.69) is 62.4 Å². The van der Waals surface area contributed by atoms with Gasteiger partial charge in [0.15, 0.2) is 0 Å². The van der Waals surface area contributed by atoms with Crippen molar-refractivity contribution in [1.29, 1.82) is 0 Å². The van der Waals surface area contributed by atoms with Gasteiger partial charge in [-0.05, 0) is 24.0 Å². The van der Waals surface area contributed by atoms with E-state index in [0.717, 1.165) is 6.42 Å². The van der Waals surface area contributed by atoms with E-state index in [0.29, 0.717) is 5.41 Å². The molecule has 2 rings (SSSR count). The number of benzene rings is 1. The minimum Gasteiger partial charge on any atom is -0.0905 e. The predicted octanol–water partition coefficient (Wildman–Crippen LogP) is 4.65. The van der Waals surface area contributed by atoms with Crippen molar-refractivity contribution in [3.05, 3.63) is 53.5 Å². The van der Waals surface area contributed by atoms with Crippen LogP contribution in [0.1, 0.15) is 20.3 Å². The Labute approximate surface area is 96.1 Å². The quantitative estimate of drug-likeness (QED) is 0.693. The summed E-state index contributed by atoms with van der Waals surface area (Å²) in [5.41, 5.74) is 0.334. The molecule has 0 radical (unpaired) electrons. The molecule has 1 aliphatic rings. The van der Waals surface area contributed by atoms with Gasteiger partial charge in [-0.1, -0.05) is 62.0 Å². The molecule has 0 N–H and O–H groups in total. The standard InChI is InChI=1S/C14H16S/c1-14(2)10-8-13(9-11-14)15-12-6-4-3-5-7-12/h3-10H,11H2,1-2H3. The van der Waals surface area contributed by atoms with Crippen molar-refractivity contribution in [2.45, 2.75) is 25.2 Å². The van der Waals surface area contributed by atoms with Crippen LogP contribution in [-0.2, 0) is 0 Å². The van der Waals surface area contributed by atoms with E-state index in [1.54, 1.807) is 0 Å². The molecule has 0 heterocycles. The molecule has 0 nitrogen and oxygen atoms in total. The molecule has 0 aliphatic heterocycles. The Kier molecular flexibility index (Phi) is 3.01. The van der Waals surface area contributed by atoms with Crippen LogP contribution in [0.3, 0.4) is 0 Å². The highest BCUT2D eigenvalue weighted by molar-refractivity contribution is 8.03. The van der Waals surface area contributed by atoms with E-state index >= 15 is 0 Å². The van der Waals surface area contributed by atoms with Crippen LogP contribution in [0.2, 0.25) is 0 Å². The van der Waals surface area contributed by atoms with E-state index in [1.807, 2.05) is 11.8 Å². The third kappa shape index (κ3) is 3.00. The minimum absolute atomic E-state index is 0.334. The molecule has 0 spiro atoms. The van der Waals surface area contributed by atoms with Gasteiger partial charge in [-0.3, -0.25) is 0 Å². The van der Waals surface area contributed by atoms with Crippen molar-refractivity contribution < 1.29 is 0 Å². The largest absolute Gasteiger partial charge is 0.0905 e. The summed E-state index contributed by atoms with van der Waals surface area (Å²) in [7, 11) is 0. The third-order valence-corrected chi connectivity index (χ3v) is 3.55. The molecule has 0 saturated heterocycles. The molecule has 0 fully saturated rings. The van der Waals surface area contributed by atoms with Gasteiger partial charge in [-0.2, -0.15) is 0 Å². The van der Waals surface area contributed by atoms with Gasteiger partial charge >= 0.3 is 0 Å². The number of hydrogen-bond acceptors (Lipinski definition) is 1. The van der Waals surface area contributed by atoms with Crippen molar-refractivity contribution in [3.63, 3.8) is 0 Å². The van der Waals surface area contributed by atoms with Gasteiger partial charge in [0.05, 0.1) is 0 Å². The van der Waals surface area contributed by atoms with Gasteiger partial charge < -0.3 is 0 Å². The topological polar surface area (TPSA) is 0 Å². The van der Waals surface area contributed by atoms with Gasteiger partial charge in [0, 0.05) is 9.80 Å². The van der Waals surface area contributed by atoms with Crippen LogP contribution < -0.4 is 0 Å². The minimum atomic E-state index is 0.334. The summed E-state index contributed by atoms with van der Waals surface area (Å²) < 4.78 is 0. The maximum Gasteiger partial charge on any atom is 0.0122 e. The summed E-state index contributed by atoms with van der Waals surface area (Å²) >= 11 is 1.84. The van der Waals surface area contributed by atoms with Crippen LogP contribution in [0.15, 0.2) is 58.4 Å². The average molecular weight is 216 g/mol. The Morgan fingerprint density at radius 2 is 1.87 bits per heavy atom. The molecule has 78 valence electrons. The molecule has 15 heavy (non-hydrogen) atoms. The van der Waals surface area contributed by atoms with E-state index in [1.165, 1.54) is 9.80 Å². The molecule has 0 bridgehead atoms. The molecule has 0 atom stereocenters. The lowest BCUT2D eigenvalue weighted by Gasteiger charge is -2.22. The van der Waals surface area contributed by atoms with Gasteiger partial charge in [-0.25, -0.2) is 0 Å². The molecule has 0 aromatic heterocycles. The molecule has 0 amide bonds. The molecule has 0 unspecified atom stereocenters. The molecular formula is C14H16S. The number of thioether (sulfide) groups is 1. The average Bonchev–Trinajstić information content (AvgIpc) is 2.23. The summed E-state index contributed by atoms with van der Waals surface area (Å²) in [6.45, 7) is 4.54. The first-order valence-corrected chi connectivity index (χ1v) is 6.10. The van der Waals surface area contributed by atoms with E-state index in [-0.39, 0.29) is 0 Å². The van der Waals surface area contributed by atoms with Gasteiger partial charge in [0.1, 0.15) is 0 Å².